The third-order valence-corrected chi connectivity index (χ3v) is 5.90. The van der Waals surface area contributed by atoms with Crippen molar-refractivity contribution in [2.45, 2.75) is 25.8 Å². The van der Waals surface area contributed by atoms with Gasteiger partial charge < -0.3 is 15.5 Å². The molecule has 0 radical (unpaired) electrons. The Morgan fingerprint density at radius 3 is 2.69 bits per heavy atom. The highest BCUT2D eigenvalue weighted by molar-refractivity contribution is 6.31. The van der Waals surface area contributed by atoms with Crippen molar-refractivity contribution in [3.05, 3.63) is 77.6 Å². The van der Waals surface area contributed by atoms with Crippen molar-refractivity contribution in [2.75, 3.05) is 28.6 Å². The Balaban J connectivity index is 1.28. The second-order valence-electron chi connectivity index (χ2n) is 7.99. The summed E-state index contributed by atoms with van der Waals surface area (Å²) in [7, 11) is 0. The predicted molar refractivity (Wildman–Crippen MR) is 132 cm³/mol. The molecule has 1 fully saturated rings. The van der Waals surface area contributed by atoms with Crippen molar-refractivity contribution in [3.63, 3.8) is 0 Å². The predicted octanol–water partition coefficient (Wildman–Crippen LogP) is 6.02. The van der Waals surface area contributed by atoms with Crippen molar-refractivity contribution >= 4 is 45.6 Å². The van der Waals surface area contributed by atoms with E-state index in [-0.39, 0.29) is 0 Å². The molecule has 6 nitrogen and oxygen atoms in total. The van der Waals surface area contributed by atoms with Gasteiger partial charge in [0.1, 0.15) is 5.82 Å². The van der Waals surface area contributed by atoms with E-state index in [1.807, 2.05) is 36.5 Å². The van der Waals surface area contributed by atoms with Gasteiger partial charge in [-0.15, -0.1) is 0 Å². The molecule has 2 aromatic heterocycles. The Hall–Kier alpha value is -3.38. The summed E-state index contributed by atoms with van der Waals surface area (Å²) in [6.45, 7) is 2.75. The third-order valence-electron chi connectivity index (χ3n) is 5.67. The molecular formula is C25H25ClN6. The van der Waals surface area contributed by atoms with Crippen molar-refractivity contribution in [1.29, 1.82) is 0 Å². The maximum Gasteiger partial charge on any atom is 0.227 e. The molecule has 1 saturated heterocycles. The van der Waals surface area contributed by atoms with Crippen LogP contribution < -0.4 is 15.5 Å². The Morgan fingerprint density at radius 1 is 0.906 bits per heavy atom. The van der Waals surface area contributed by atoms with Crippen LogP contribution in [0.5, 0.6) is 0 Å². The molecule has 7 heteroatoms. The number of rotatable bonds is 6. The van der Waals surface area contributed by atoms with Gasteiger partial charge in [0.15, 0.2) is 0 Å². The number of fused-ring (bicyclic) bond motifs is 1. The third kappa shape index (κ3) is 4.75. The molecule has 0 aliphatic carbocycles. The van der Waals surface area contributed by atoms with Crippen LogP contribution in [0.25, 0.3) is 10.9 Å². The molecule has 0 amide bonds. The average Bonchev–Trinajstić information content (AvgIpc) is 2.84. The SMILES string of the molecule is Clc1ccc2c(Nc3cccc(CNc4ccnc(N5CCCCC5)n4)c3)ccnc2c1. The second-order valence-corrected chi connectivity index (χ2v) is 8.42. The quantitative estimate of drug-likeness (QED) is 0.379. The Kier molecular flexibility index (Phi) is 6.03. The molecule has 1 aliphatic rings. The van der Waals surface area contributed by atoms with Gasteiger partial charge in [-0.25, -0.2) is 4.98 Å². The highest BCUT2D eigenvalue weighted by Crippen LogP contribution is 2.27. The van der Waals surface area contributed by atoms with Crippen LogP contribution in [-0.4, -0.2) is 28.0 Å². The summed E-state index contributed by atoms with van der Waals surface area (Å²) in [5.41, 5.74) is 4.05. The molecule has 162 valence electrons. The molecule has 2 N–H and O–H groups in total. The van der Waals surface area contributed by atoms with Gasteiger partial charge in [-0.05, 0) is 67.3 Å². The standard InChI is InChI=1S/C25H25ClN6/c26-19-7-8-21-22(9-11-27-23(21)16-19)30-20-6-4-5-18(15-20)17-29-24-10-12-28-25(31-24)32-13-2-1-3-14-32/h4-12,15-16H,1-3,13-14,17H2,(H,27,30)(H,28,29,31). The molecule has 0 unspecified atom stereocenters. The smallest absolute Gasteiger partial charge is 0.227 e. The number of aromatic nitrogens is 3. The number of hydrogen-bond acceptors (Lipinski definition) is 6. The monoisotopic (exact) mass is 444 g/mol. The van der Waals surface area contributed by atoms with E-state index in [2.05, 4.69) is 49.8 Å². The number of pyridine rings is 1. The topological polar surface area (TPSA) is 66.0 Å². The van der Waals surface area contributed by atoms with Crippen LogP contribution in [0.1, 0.15) is 24.8 Å². The van der Waals surface area contributed by atoms with Gasteiger partial charge in [0, 0.05) is 53.8 Å². The largest absolute Gasteiger partial charge is 0.366 e. The zero-order valence-corrected chi connectivity index (χ0v) is 18.5. The molecule has 32 heavy (non-hydrogen) atoms. The molecule has 3 heterocycles. The minimum Gasteiger partial charge on any atom is -0.366 e. The highest BCUT2D eigenvalue weighted by atomic mass is 35.5. The molecule has 0 atom stereocenters. The summed E-state index contributed by atoms with van der Waals surface area (Å²) in [6, 6.07) is 18.0. The Morgan fingerprint density at radius 2 is 1.78 bits per heavy atom. The van der Waals surface area contributed by atoms with Crippen LogP contribution in [0.15, 0.2) is 67.0 Å². The molecule has 0 bridgehead atoms. The molecular weight excluding hydrogens is 420 g/mol. The number of halogens is 1. The van der Waals surface area contributed by atoms with Gasteiger partial charge >= 0.3 is 0 Å². The maximum atomic E-state index is 6.11. The first-order valence-electron chi connectivity index (χ1n) is 11.0. The van der Waals surface area contributed by atoms with E-state index in [4.69, 9.17) is 16.6 Å². The summed E-state index contributed by atoms with van der Waals surface area (Å²) >= 11 is 6.11. The maximum absolute atomic E-state index is 6.11. The number of hydrogen-bond donors (Lipinski definition) is 2. The van der Waals surface area contributed by atoms with Gasteiger partial charge in [0.25, 0.3) is 0 Å². The van der Waals surface area contributed by atoms with Crippen molar-refractivity contribution in [3.8, 4) is 0 Å². The van der Waals surface area contributed by atoms with Gasteiger partial charge in [-0.2, -0.15) is 4.98 Å². The minimum absolute atomic E-state index is 0.679. The van der Waals surface area contributed by atoms with Gasteiger partial charge in [0.05, 0.1) is 5.52 Å². The number of benzene rings is 2. The van der Waals surface area contributed by atoms with Gasteiger partial charge in [-0.3, -0.25) is 4.98 Å². The zero-order valence-electron chi connectivity index (χ0n) is 17.8. The minimum atomic E-state index is 0.679. The highest BCUT2D eigenvalue weighted by Gasteiger charge is 2.13. The first-order valence-corrected chi connectivity index (χ1v) is 11.3. The number of nitrogens with one attached hydrogen (secondary N) is 2. The lowest BCUT2D eigenvalue weighted by Crippen LogP contribution is -2.31. The Bertz CT molecular complexity index is 1220. The first-order chi connectivity index (χ1) is 15.7. The van der Waals surface area contributed by atoms with Crippen LogP contribution in [0.2, 0.25) is 5.02 Å². The molecule has 0 saturated carbocycles. The summed E-state index contributed by atoms with van der Waals surface area (Å²) in [6.07, 6.45) is 7.34. The number of piperidine rings is 1. The normalized spacial score (nSPS) is 13.8. The van der Waals surface area contributed by atoms with Crippen molar-refractivity contribution < 1.29 is 0 Å². The summed E-state index contributed by atoms with van der Waals surface area (Å²) in [5, 5.41) is 8.67. The molecule has 0 spiro atoms. The fourth-order valence-electron chi connectivity index (χ4n) is 4.03. The van der Waals surface area contributed by atoms with Crippen LogP contribution >= 0.6 is 11.6 Å². The number of nitrogens with zero attached hydrogens (tertiary/aromatic N) is 4. The fourth-order valence-corrected chi connectivity index (χ4v) is 4.20. The lowest BCUT2D eigenvalue weighted by atomic mass is 10.1. The molecule has 2 aromatic carbocycles. The van der Waals surface area contributed by atoms with E-state index in [0.29, 0.717) is 11.6 Å². The van der Waals surface area contributed by atoms with Crippen LogP contribution in [0.4, 0.5) is 23.1 Å². The van der Waals surface area contributed by atoms with E-state index in [0.717, 1.165) is 52.7 Å². The van der Waals surface area contributed by atoms with Crippen LogP contribution in [-0.2, 0) is 6.54 Å². The summed E-state index contributed by atoms with van der Waals surface area (Å²) < 4.78 is 0. The summed E-state index contributed by atoms with van der Waals surface area (Å²) in [4.78, 5) is 15.9. The van der Waals surface area contributed by atoms with Crippen molar-refractivity contribution in [1.82, 2.24) is 15.0 Å². The van der Waals surface area contributed by atoms with E-state index in [9.17, 15) is 0 Å². The van der Waals surface area contributed by atoms with E-state index in [1.54, 1.807) is 6.20 Å². The van der Waals surface area contributed by atoms with E-state index < -0.39 is 0 Å². The first kappa shape index (κ1) is 20.5. The van der Waals surface area contributed by atoms with Gasteiger partial charge in [0.2, 0.25) is 5.95 Å². The lowest BCUT2D eigenvalue weighted by molar-refractivity contribution is 0.568. The molecule has 4 aromatic rings. The molecule has 1 aliphatic heterocycles. The van der Waals surface area contributed by atoms with E-state index in [1.165, 1.54) is 19.3 Å². The zero-order chi connectivity index (χ0) is 21.8. The van der Waals surface area contributed by atoms with E-state index >= 15 is 0 Å². The second kappa shape index (κ2) is 9.40. The Labute approximate surface area is 192 Å². The fraction of sp³-hybridized carbons (Fsp3) is 0.240. The number of anilines is 4. The average molecular weight is 445 g/mol. The van der Waals surface area contributed by atoms with Crippen LogP contribution in [0, 0.1) is 0 Å². The molecule has 5 rings (SSSR count). The van der Waals surface area contributed by atoms with Crippen molar-refractivity contribution in [2.24, 2.45) is 0 Å². The van der Waals surface area contributed by atoms with Gasteiger partial charge in [-0.1, -0.05) is 23.7 Å². The van der Waals surface area contributed by atoms with Crippen LogP contribution in [0.3, 0.4) is 0 Å². The lowest BCUT2D eigenvalue weighted by Gasteiger charge is -2.26. The summed E-state index contributed by atoms with van der Waals surface area (Å²) in [5.74, 6) is 1.66.